The molecule has 0 saturated carbocycles. The maximum absolute atomic E-state index is 13.5. The number of benzene rings is 1. The molecule has 0 aromatic heterocycles. The molecule has 0 radical (unpaired) electrons. The van der Waals surface area contributed by atoms with Gasteiger partial charge in [0.15, 0.2) is 0 Å². The third-order valence-electron chi connectivity index (χ3n) is 5.45. The van der Waals surface area contributed by atoms with E-state index in [1.807, 2.05) is 11.0 Å². The third kappa shape index (κ3) is 3.95. The van der Waals surface area contributed by atoms with Gasteiger partial charge in [0, 0.05) is 38.0 Å². The number of nitrogens with one attached hydrogen (secondary N) is 2. The van der Waals surface area contributed by atoms with Gasteiger partial charge in [0.25, 0.3) is 0 Å². The Labute approximate surface area is 143 Å². The summed E-state index contributed by atoms with van der Waals surface area (Å²) in [6, 6.07) is 7.25. The summed E-state index contributed by atoms with van der Waals surface area (Å²) >= 11 is 0. The average Bonchev–Trinajstić information content (AvgIpc) is 3.09. The Bertz CT molecular complexity index is 557. The number of amides is 1. The van der Waals surface area contributed by atoms with Crippen LogP contribution in [0.3, 0.4) is 0 Å². The van der Waals surface area contributed by atoms with E-state index in [2.05, 4.69) is 17.8 Å². The average molecular weight is 333 g/mol. The summed E-state index contributed by atoms with van der Waals surface area (Å²) in [5.41, 5.74) is 7.70. The Hall–Kier alpha value is -1.46. The minimum atomic E-state index is -0.172. The van der Waals surface area contributed by atoms with Crippen molar-refractivity contribution in [3.8, 4) is 0 Å². The molecule has 2 N–H and O–H groups in total. The molecule has 2 saturated heterocycles. The molecule has 0 spiro atoms. The fourth-order valence-electron chi connectivity index (χ4n) is 4.02. The quantitative estimate of drug-likeness (QED) is 0.871. The van der Waals surface area contributed by atoms with Crippen molar-refractivity contribution in [1.82, 2.24) is 15.8 Å². The number of carbonyl (C=O) groups excluding carboxylic acids is 1. The molecule has 2 unspecified atom stereocenters. The van der Waals surface area contributed by atoms with Crippen LogP contribution in [-0.4, -0.2) is 36.5 Å². The van der Waals surface area contributed by atoms with Crippen LogP contribution in [0.5, 0.6) is 0 Å². The molecular weight excluding hydrogens is 305 g/mol. The molecule has 0 bridgehead atoms. The second-order valence-electron chi connectivity index (χ2n) is 7.03. The first-order valence-corrected chi connectivity index (χ1v) is 9.20. The van der Waals surface area contributed by atoms with Crippen LogP contribution in [0.25, 0.3) is 0 Å². The fraction of sp³-hybridized carbons (Fsp3) is 0.632. The van der Waals surface area contributed by atoms with Crippen molar-refractivity contribution in [3.05, 3.63) is 35.6 Å². The highest BCUT2D eigenvalue weighted by Gasteiger charge is 2.36. The van der Waals surface area contributed by atoms with Crippen LogP contribution in [0.4, 0.5) is 4.39 Å². The Balaban J connectivity index is 1.58. The van der Waals surface area contributed by atoms with Gasteiger partial charge in [-0.05, 0) is 42.9 Å². The van der Waals surface area contributed by atoms with Crippen LogP contribution in [0.15, 0.2) is 24.3 Å². The minimum absolute atomic E-state index is 0.172. The van der Waals surface area contributed by atoms with E-state index in [9.17, 15) is 9.18 Å². The standard InChI is InChI=1S/C19H28FN3O/c1-2-3-7-18(24)23-10-8-14(9-11-23)19-17(13-21-22-19)15-5-4-6-16(20)12-15/h4-6,12,14,17,19,21-22H,2-3,7-11,13H2,1H3. The largest absolute Gasteiger partial charge is 0.343 e. The molecule has 1 aromatic carbocycles. The number of piperidine rings is 1. The predicted octanol–water partition coefficient (Wildman–Crippen LogP) is 2.81. The molecule has 0 aliphatic carbocycles. The van der Waals surface area contributed by atoms with E-state index < -0.39 is 0 Å². The summed E-state index contributed by atoms with van der Waals surface area (Å²) in [6.07, 6.45) is 4.76. The van der Waals surface area contributed by atoms with Crippen molar-refractivity contribution >= 4 is 5.91 Å². The van der Waals surface area contributed by atoms with E-state index in [1.54, 1.807) is 12.1 Å². The van der Waals surface area contributed by atoms with Crippen LogP contribution in [0, 0.1) is 11.7 Å². The molecule has 4 nitrogen and oxygen atoms in total. The van der Waals surface area contributed by atoms with E-state index in [-0.39, 0.29) is 11.7 Å². The summed E-state index contributed by atoms with van der Waals surface area (Å²) in [6.45, 7) is 4.64. The maximum atomic E-state index is 13.5. The van der Waals surface area contributed by atoms with Crippen LogP contribution in [0.2, 0.25) is 0 Å². The lowest BCUT2D eigenvalue weighted by Crippen LogP contribution is -2.45. The molecule has 3 rings (SSSR count). The van der Waals surface area contributed by atoms with Crippen molar-refractivity contribution in [2.75, 3.05) is 19.6 Å². The van der Waals surface area contributed by atoms with Crippen molar-refractivity contribution < 1.29 is 9.18 Å². The first kappa shape index (κ1) is 17.4. The lowest BCUT2D eigenvalue weighted by Gasteiger charge is -2.36. The van der Waals surface area contributed by atoms with Crippen LogP contribution in [0.1, 0.15) is 50.5 Å². The number of hydrazine groups is 1. The lowest BCUT2D eigenvalue weighted by molar-refractivity contribution is -0.132. The molecule has 132 valence electrons. The number of hydrogen-bond acceptors (Lipinski definition) is 3. The van der Waals surface area contributed by atoms with Crippen molar-refractivity contribution in [1.29, 1.82) is 0 Å². The van der Waals surface area contributed by atoms with E-state index >= 15 is 0 Å². The second-order valence-corrected chi connectivity index (χ2v) is 7.03. The molecule has 2 heterocycles. The lowest BCUT2D eigenvalue weighted by atomic mass is 9.80. The molecule has 2 aliphatic heterocycles. The number of unbranched alkanes of at least 4 members (excludes halogenated alkanes) is 1. The van der Waals surface area contributed by atoms with Gasteiger partial charge < -0.3 is 4.90 Å². The molecule has 5 heteroatoms. The Morgan fingerprint density at radius 1 is 1.33 bits per heavy atom. The van der Waals surface area contributed by atoms with E-state index in [0.29, 0.717) is 24.3 Å². The smallest absolute Gasteiger partial charge is 0.222 e. The molecule has 1 amide bonds. The predicted molar refractivity (Wildman–Crippen MR) is 92.9 cm³/mol. The van der Waals surface area contributed by atoms with E-state index in [0.717, 1.165) is 50.9 Å². The van der Waals surface area contributed by atoms with Crippen molar-refractivity contribution in [2.24, 2.45) is 5.92 Å². The molecular formula is C19H28FN3O. The topological polar surface area (TPSA) is 44.4 Å². The fourth-order valence-corrected chi connectivity index (χ4v) is 4.02. The van der Waals surface area contributed by atoms with E-state index in [1.165, 1.54) is 6.07 Å². The van der Waals surface area contributed by atoms with Gasteiger partial charge in [-0.2, -0.15) is 0 Å². The highest BCUT2D eigenvalue weighted by Crippen LogP contribution is 2.32. The minimum Gasteiger partial charge on any atom is -0.343 e. The Kier molecular flexibility index (Phi) is 5.85. The van der Waals surface area contributed by atoms with Crippen LogP contribution in [-0.2, 0) is 4.79 Å². The highest BCUT2D eigenvalue weighted by molar-refractivity contribution is 5.76. The third-order valence-corrected chi connectivity index (χ3v) is 5.45. The zero-order chi connectivity index (χ0) is 16.9. The summed E-state index contributed by atoms with van der Waals surface area (Å²) in [5.74, 6) is 0.931. The van der Waals surface area contributed by atoms with Gasteiger partial charge in [0.2, 0.25) is 5.91 Å². The van der Waals surface area contributed by atoms with Crippen LogP contribution < -0.4 is 10.9 Å². The van der Waals surface area contributed by atoms with Gasteiger partial charge in [-0.25, -0.2) is 4.39 Å². The Morgan fingerprint density at radius 2 is 2.12 bits per heavy atom. The molecule has 2 aliphatic rings. The number of likely N-dealkylation sites (tertiary alicyclic amines) is 1. The maximum Gasteiger partial charge on any atom is 0.222 e. The number of rotatable bonds is 5. The van der Waals surface area contributed by atoms with Gasteiger partial charge in [-0.1, -0.05) is 25.5 Å². The van der Waals surface area contributed by atoms with Gasteiger partial charge in [-0.3, -0.25) is 15.6 Å². The molecule has 2 atom stereocenters. The first-order valence-electron chi connectivity index (χ1n) is 9.20. The van der Waals surface area contributed by atoms with Crippen LogP contribution >= 0.6 is 0 Å². The summed E-state index contributed by atoms with van der Waals surface area (Å²) in [7, 11) is 0. The summed E-state index contributed by atoms with van der Waals surface area (Å²) < 4.78 is 13.5. The van der Waals surface area contributed by atoms with Crippen molar-refractivity contribution in [2.45, 2.75) is 51.0 Å². The van der Waals surface area contributed by atoms with Crippen molar-refractivity contribution in [3.63, 3.8) is 0 Å². The van der Waals surface area contributed by atoms with Gasteiger partial charge in [0.1, 0.15) is 5.82 Å². The van der Waals surface area contributed by atoms with Gasteiger partial charge >= 0.3 is 0 Å². The highest BCUT2D eigenvalue weighted by atomic mass is 19.1. The van der Waals surface area contributed by atoms with Gasteiger partial charge in [-0.15, -0.1) is 0 Å². The second kappa shape index (κ2) is 8.08. The number of halogens is 1. The molecule has 1 aromatic rings. The molecule has 2 fully saturated rings. The van der Waals surface area contributed by atoms with E-state index in [4.69, 9.17) is 0 Å². The number of carbonyl (C=O) groups is 1. The summed E-state index contributed by atoms with van der Waals surface area (Å²) in [4.78, 5) is 14.2. The normalized spacial score (nSPS) is 25.2. The first-order chi connectivity index (χ1) is 11.7. The Morgan fingerprint density at radius 3 is 2.83 bits per heavy atom. The summed E-state index contributed by atoms with van der Waals surface area (Å²) in [5, 5.41) is 0. The molecule has 24 heavy (non-hydrogen) atoms. The number of hydrogen-bond donors (Lipinski definition) is 2. The van der Waals surface area contributed by atoms with Gasteiger partial charge in [0.05, 0.1) is 0 Å². The SMILES string of the molecule is CCCCC(=O)N1CCC(C2NNCC2c2cccc(F)c2)CC1. The number of nitrogens with zero attached hydrogens (tertiary/aromatic N) is 1. The zero-order valence-electron chi connectivity index (χ0n) is 14.4. The zero-order valence-corrected chi connectivity index (χ0v) is 14.4. The monoisotopic (exact) mass is 333 g/mol.